The van der Waals surface area contributed by atoms with Crippen LogP contribution >= 0.6 is 23.2 Å². The molecule has 1 aromatic heterocycles. The lowest BCUT2D eigenvalue weighted by Crippen LogP contribution is -2.00. The smallest absolute Gasteiger partial charge is 0.161 e. The molecule has 0 N–H and O–H groups in total. The van der Waals surface area contributed by atoms with E-state index in [9.17, 15) is 0 Å². The molecule has 20 heavy (non-hydrogen) atoms. The van der Waals surface area contributed by atoms with E-state index >= 15 is 0 Å². The molecule has 0 aliphatic rings. The first-order valence-electron chi connectivity index (χ1n) is 6.37. The van der Waals surface area contributed by atoms with Crippen LogP contribution in [0.3, 0.4) is 0 Å². The number of aromatic nitrogens is 2. The van der Waals surface area contributed by atoms with Crippen LogP contribution in [0.5, 0.6) is 5.75 Å². The van der Waals surface area contributed by atoms with E-state index in [0.717, 1.165) is 17.7 Å². The van der Waals surface area contributed by atoms with E-state index in [4.69, 9.17) is 27.9 Å². The second kappa shape index (κ2) is 6.42. The molecule has 1 aromatic carbocycles. The standard InChI is InChI=1S/C15H16Cl2N2O/c1-9(2)6-11-8-14(17)19-15(18-11)10-4-5-13(20-3)12(16)7-10/h4-5,7-9H,6H2,1-3H3. The largest absolute Gasteiger partial charge is 0.495 e. The van der Waals surface area contributed by atoms with Gasteiger partial charge in [-0.15, -0.1) is 0 Å². The van der Waals surface area contributed by atoms with Gasteiger partial charge in [0, 0.05) is 11.3 Å². The molecular weight excluding hydrogens is 295 g/mol. The van der Waals surface area contributed by atoms with E-state index in [1.54, 1.807) is 25.3 Å². The summed E-state index contributed by atoms with van der Waals surface area (Å²) < 4.78 is 5.14. The molecule has 0 aliphatic heterocycles. The van der Waals surface area contributed by atoms with Crippen molar-refractivity contribution in [3.05, 3.63) is 40.1 Å². The van der Waals surface area contributed by atoms with E-state index in [2.05, 4.69) is 23.8 Å². The van der Waals surface area contributed by atoms with Gasteiger partial charge in [-0.05, 0) is 36.6 Å². The lowest BCUT2D eigenvalue weighted by atomic mass is 10.1. The van der Waals surface area contributed by atoms with Gasteiger partial charge in [-0.3, -0.25) is 0 Å². The van der Waals surface area contributed by atoms with Crippen LogP contribution in [0.2, 0.25) is 10.2 Å². The van der Waals surface area contributed by atoms with Gasteiger partial charge >= 0.3 is 0 Å². The summed E-state index contributed by atoms with van der Waals surface area (Å²) in [5.74, 6) is 1.71. The fourth-order valence-electron chi connectivity index (χ4n) is 1.92. The van der Waals surface area contributed by atoms with E-state index in [1.807, 2.05) is 6.07 Å². The summed E-state index contributed by atoms with van der Waals surface area (Å²) in [6, 6.07) is 7.25. The van der Waals surface area contributed by atoms with Crippen LogP contribution < -0.4 is 4.74 Å². The number of benzene rings is 1. The first-order valence-corrected chi connectivity index (χ1v) is 7.12. The van der Waals surface area contributed by atoms with E-state index in [1.165, 1.54) is 0 Å². The van der Waals surface area contributed by atoms with Crippen molar-refractivity contribution in [2.45, 2.75) is 20.3 Å². The maximum atomic E-state index is 6.13. The Balaban J connectivity index is 2.41. The number of hydrogen-bond donors (Lipinski definition) is 0. The number of rotatable bonds is 4. The van der Waals surface area contributed by atoms with Gasteiger partial charge in [0.15, 0.2) is 5.82 Å². The number of halogens is 2. The summed E-state index contributed by atoms with van der Waals surface area (Å²) in [5, 5.41) is 0.969. The number of hydrogen-bond acceptors (Lipinski definition) is 3. The van der Waals surface area contributed by atoms with Crippen molar-refractivity contribution in [1.82, 2.24) is 9.97 Å². The minimum Gasteiger partial charge on any atom is -0.495 e. The molecule has 0 atom stereocenters. The maximum Gasteiger partial charge on any atom is 0.161 e. The highest BCUT2D eigenvalue weighted by atomic mass is 35.5. The second-order valence-corrected chi connectivity index (χ2v) is 5.75. The SMILES string of the molecule is COc1ccc(-c2nc(Cl)cc(CC(C)C)n2)cc1Cl. The fourth-order valence-corrected chi connectivity index (χ4v) is 2.39. The summed E-state index contributed by atoms with van der Waals surface area (Å²) in [6.07, 6.45) is 0.860. The normalized spacial score (nSPS) is 10.9. The number of nitrogens with zero attached hydrogens (tertiary/aromatic N) is 2. The molecule has 0 radical (unpaired) electrons. The third-order valence-electron chi connectivity index (χ3n) is 2.78. The highest BCUT2D eigenvalue weighted by molar-refractivity contribution is 6.32. The molecule has 3 nitrogen and oxygen atoms in total. The molecule has 106 valence electrons. The Kier molecular flexibility index (Phi) is 4.84. The number of ether oxygens (including phenoxy) is 1. The molecular formula is C15H16Cl2N2O. The Morgan fingerprint density at radius 2 is 1.90 bits per heavy atom. The average Bonchev–Trinajstić information content (AvgIpc) is 2.37. The zero-order chi connectivity index (χ0) is 14.7. The van der Waals surface area contributed by atoms with Gasteiger partial charge in [0.2, 0.25) is 0 Å². The van der Waals surface area contributed by atoms with Gasteiger partial charge < -0.3 is 4.74 Å². The quantitative estimate of drug-likeness (QED) is 0.770. The molecule has 2 aromatic rings. The summed E-state index contributed by atoms with van der Waals surface area (Å²) in [6.45, 7) is 4.28. The highest BCUT2D eigenvalue weighted by Gasteiger charge is 2.10. The minimum atomic E-state index is 0.442. The predicted octanol–water partition coefficient (Wildman–Crippen LogP) is 4.66. The maximum absolute atomic E-state index is 6.13. The first kappa shape index (κ1) is 15.1. The fraction of sp³-hybridized carbons (Fsp3) is 0.333. The topological polar surface area (TPSA) is 35.0 Å². The van der Waals surface area contributed by atoms with Crippen molar-refractivity contribution in [1.29, 1.82) is 0 Å². The molecule has 0 spiro atoms. The van der Waals surface area contributed by atoms with Gasteiger partial charge in [0.1, 0.15) is 10.9 Å². The van der Waals surface area contributed by atoms with Gasteiger partial charge in [0.25, 0.3) is 0 Å². The van der Waals surface area contributed by atoms with Crippen molar-refractivity contribution in [2.24, 2.45) is 5.92 Å². The van der Waals surface area contributed by atoms with Crippen LogP contribution in [0.4, 0.5) is 0 Å². The van der Waals surface area contributed by atoms with Gasteiger partial charge in [0.05, 0.1) is 12.1 Å². The molecule has 0 saturated heterocycles. The highest BCUT2D eigenvalue weighted by Crippen LogP contribution is 2.29. The lowest BCUT2D eigenvalue weighted by Gasteiger charge is -2.09. The van der Waals surface area contributed by atoms with Gasteiger partial charge in [-0.1, -0.05) is 37.0 Å². The average molecular weight is 311 g/mol. The Bertz CT molecular complexity index is 615. The molecule has 1 heterocycles. The Hall–Kier alpha value is -1.32. The molecule has 0 bridgehead atoms. The second-order valence-electron chi connectivity index (χ2n) is 4.95. The minimum absolute atomic E-state index is 0.442. The van der Waals surface area contributed by atoms with E-state index in [-0.39, 0.29) is 0 Å². The first-order chi connectivity index (χ1) is 9.49. The van der Waals surface area contributed by atoms with E-state index < -0.39 is 0 Å². The molecule has 0 fully saturated rings. The number of methoxy groups -OCH3 is 1. The summed E-state index contributed by atoms with van der Waals surface area (Å²) in [5.41, 5.74) is 1.75. The third-order valence-corrected chi connectivity index (χ3v) is 3.26. The van der Waals surface area contributed by atoms with E-state index in [0.29, 0.717) is 27.7 Å². The summed E-state index contributed by atoms with van der Waals surface area (Å²) >= 11 is 12.2. The lowest BCUT2D eigenvalue weighted by molar-refractivity contribution is 0.415. The van der Waals surface area contributed by atoms with Crippen molar-refractivity contribution in [3.63, 3.8) is 0 Å². The summed E-state index contributed by atoms with van der Waals surface area (Å²) in [4.78, 5) is 8.81. The van der Waals surface area contributed by atoms with Crippen molar-refractivity contribution in [3.8, 4) is 17.1 Å². The van der Waals surface area contributed by atoms with Crippen LogP contribution in [-0.4, -0.2) is 17.1 Å². The Morgan fingerprint density at radius 3 is 2.50 bits per heavy atom. The molecule has 5 heteroatoms. The van der Waals surface area contributed by atoms with Gasteiger partial charge in [-0.2, -0.15) is 0 Å². The summed E-state index contributed by atoms with van der Waals surface area (Å²) in [7, 11) is 1.58. The molecule has 0 unspecified atom stereocenters. The monoisotopic (exact) mass is 310 g/mol. The van der Waals surface area contributed by atoms with Crippen LogP contribution in [0.1, 0.15) is 19.5 Å². The van der Waals surface area contributed by atoms with Crippen molar-refractivity contribution in [2.75, 3.05) is 7.11 Å². The van der Waals surface area contributed by atoms with Crippen LogP contribution in [-0.2, 0) is 6.42 Å². The van der Waals surface area contributed by atoms with Crippen LogP contribution in [0.15, 0.2) is 24.3 Å². The third kappa shape index (κ3) is 3.62. The Morgan fingerprint density at radius 1 is 1.15 bits per heavy atom. The Labute approximate surface area is 128 Å². The van der Waals surface area contributed by atoms with Gasteiger partial charge in [-0.25, -0.2) is 9.97 Å². The zero-order valence-corrected chi connectivity index (χ0v) is 13.2. The van der Waals surface area contributed by atoms with Crippen molar-refractivity contribution >= 4 is 23.2 Å². The van der Waals surface area contributed by atoms with Crippen molar-refractivity contribution < 1.29 is 4.74 Å². The predicted molar refractivity (Wildman–Crippen MR) is 82.6 cm³/mol. The van der Waals surface area contributed by atoms with Crippen LogP contribution in [0.25, 0.3) is 11.4 Å². The van der Waals surface area contributed by atoms with Crippen LogP contribution in [0, 0.1) is 5.92 Å². The molecule has 2 rings (SSSR count). The zero-order valence-electron chi connectivity index (χ0n) is 11.7. The molecule has 0 aliphatic carbocycles. The molecule has 0 saturated carbocycles. The molecule has 0 amide bonds.